The minimum absolute atomic E-state index is 0.00314. The lowest BCUT2D eigenvalue weighted by molar-refractivity contribution is 0.0831. The van der Waals surface area contributed by atoms with E-state index in [0.717, 1.165) is 11.1 Å². The van der Waals surface area contributed by atoms with Gasteiger partial charge in [0.1, 0.15) is 17.9 Å². The van der Waals surface area contributed by atoms with Crippen molar-refractivity contribution in [1.29, 1.82) is 5.26 Å². The Morgan fingerprint density at radius 2 is 2.06 bits per heavy atom. The van der Waals surface area contributed by atoms with Crippen LogP contribution in [0.15, 0.2) is 30.5 Å². The number of fused-ring (bicyclic) bond motifs is 5. The third-order valence-corrected chi connectivity index (χ3v) is 5.81. The number of aromatic nitrogens is 3. The van der Waals surface area contributed by atoms with Crippen LogP contribution < -0.4 is 10.5 Å². The molecule has 0 amide bonds. The van der Waals surface area contributed by atoms with Crippen LogP contribution in [0.4, 0.5) is 5.82 Å². The molecule has 1 aliphatic heterocycles. The number of nitrogens with zero attached hydrogens (tertiary/aromatic N) is 4. The number of pyridine rings is 1. The molecule has 0 fully saturated rings. The maximum absolute atomic E-state index is 13.7. The lowest BCUT2D eigenvalue weighted by Gasteiger charge is -2.27. The number of benzene rings is 1. The van der Waals surface area contributed by atoms with Crippen molar-refractivity contribution in [3.05, 3.63) is 58.5 Å². The van der Waals surface area contributed by atoms with Crippen molar-refractivity contribution in [2.24, 2.45) is 12.5 Å². The number of nitriles is 1. The molecule has 2 bridgehead atoms. The van der Waals surface area contributed by atoms with Crippen LogP contribution in [-0.2, 0) is 13.5 Å². The Bertz CT molecular complexity index is 1250. The van der Waals surface area contributed by atoms with Gasteiger partial charge in [-0.15, -0.1) is 0 Å². The van der Waals surface area contributed by atoms with E-state index in [0.29, 0.717) is 40.2 Å². The molecule has 1 aliphatic rings. The van der Waals surface area contributed by atoms with Gasteiger partial charge in [0.2, 0.25) is 0 Å². The highest BCUT2D eigenvalue weighted by molar-refractivity contribution is 6.01. The predicted octanol–water partition coefficient (Wildman–Crippen LogP) is 4.15. The zero-order valence-electron chi connectivity index (χ0n) is 18.4. The Labute approximate surface area is 181 Å². The number of hydrogen-bond donors (Lipinski definition) is 1. The van der Waals surface area contributed by atoms with E-state index in [1.54, 1.807) is 24.0 Å². The standard InChI is InChI=1S/C24H25N5O2/c1-13-6-7-16-17(8-13)14(2)31-20-9-15(12-27-23(20)26)21-18(10-24(3,4)22(16)30)28-29(5)19(21)11-25/h6-9,12,14H,10H2,1-5H3,(H2,26,27)/t14-/m1/s1. The van der Waals surface area contributed by atoms with Gasteiger partial charge in [-0.2, -0.15) is 10.4 Å². The first-order valence-corrected chi connectivity index (χ1v) is 10.2. The Morgan fingerprint density at radius 3 is 2.77 bits per heavy atom. The van der Waals surface area contributed by atoms with E-state index in [9.17, 15) is 10.1 Å². The molecule has 2 N–H and O–H groups in total. The van der Waals surface area contributed by atoms with Crippen LogP contribution in [-0.4, -0.2) is 20.5 Å². The Balaban J connectivity index is 2.02. The predicted molar refractivity (Wildman–Crippen MR) is 118 cm³/mol. The number of ether oxygens (including phenoxy) is 1. The van der Waals surface area contributed by atoms with Crippen molar-refractivity contribution in [2.45, 2.75) is 40.2 Å². The molecular weight excluding hydrogens is 390 g/mol. The number of ketones is 1. The average Bonchev–Trinajstić information content (AvgIpc) is 3.02. The van der Waals surface area contributed by atoms with Crippen molar-refractivity contribution >= 4 is 11.6 Å². The van der Waals surface area contributed by atoms with Gasteiger partial charge < -0.3 is 10.5 Å². The molecule has 3 aromatic rings. The van der Waals surface area contributed by atoms with Crippen LogP contribution >= 0.6 is 0 Å². The number of nitrogen functional groups attached to an aromatic ring is 1. The summed E-state index contributed by atoms with van der Waals surface area (Å²) in [6.07, 6.45) is 1.57. The van der Waals surface area contributed by atoms with Gasteiger partial charge in [0, 0.05) is 47.3 Å². The fourth-order valence-electron chi connectivity index (χ4n) is 4.16. The lowest BCUT2D eigenvalue weighted by Crippen LogP contribution is -2.29. The Morgan fingerprint density at radius 1 is 1.32 bits per heavy atom. The van der Waals surface area contributed by atoms with Crippen LogP contribution in [0.3, 0.4) is 0 Å². The van der Waals surface area contributed by atoms with Crippen LogP contribution in [0, 0.1) is 23.7 Å². The fraction of sp³-hybridized carbons (Fsp3) is 0.333. The molecule has 4 rings (SSSR count). The second-order valence-electron chi connectivity index (χ2n) is 8.75. The topological polar surface area (TPSA) is 107 Å². The second kappa shape index (κ2) is 7.24. The van der Waals surface area contributed by atoms with Crippen molar-refractivity contribution in [1.82, 2.24) is 14.8 Å². The summed E-state index contributed by atoms with van der Waals surface area (Å²) in [5, 5.41) is 14.3. The normalized spacial score (nSPS) is 17.4. The van der Waals surface area contributed by atoms with Gasteiger partial charge in [-0.05, 0) is 19.9 Å². The van der Waals surface area contributed by atoms with E-state index >= 15 is 0 Å². The maximum Gasteiger partial charge on any atom is 0.169 e. The van der Waals surface area contributed by atoms with Gasteiger partial charge in [0.25, 0.3) is 0 Å². The van der Waals surface area contributed by atoms with Gasteiger partial charge in [0.05, 0.1) is 5.69 Å². The second-order valence-corrected chi connectivity index (χ2v) is 8.75. The molecule has 2 aromatic heterocycles. The summed E-state index contributed by atoms with van der Waals surface area (Å²) in [6, 6.07) is 9.79. The van der Waals surface area contributed by atoms with Crippen molar-refractivity contribution in [2.75, 3.05) is 5.73 Å². The maximum atomic E-state index is 13.7. The van der Waals surface area contributed by atoms with Gasteiger partial charge in [-0.1, -0.05) is 37.6 Å². The molecule has 158 valence electrons. The number of hydrogen-bond acceptors (Lipinski definition) is 6. The third-order valence-electron chi connectivity index (χ3n) is 5.81. The highest BCUT2D eigenvalue weighted by Crippen LogP contribution is 2.39. The van der Waals surface area contributed by atoms with E-state index in [2.05, 4.69) is 16.2 Å². The summed E-state index contributed by atoms with van der Waals surface area (Å²) in [5.41, 5.74) is 10.2. The van der Waals surface area contributed by atoms with Crippen molar-refractivity contribution in [3.63, 3.8) is 0 Å². The molecule has 7 nitrogen and oxygen atoms in total. The molecule has 0 saturated carbocycles. The highest BCUT2D eigenvalue weighted by Gasteiger charge is 2.35. The van der Waals surface area contributed by atoms with Crippen LogP contribution in [0.1, 0.15) is 59.7 Å². The number of rotatable bonds is 0. The molecule has 0 unspecified atom stereocenters. The van der Waals surface area contributed by atoms with E-state index in [-0.39, 0.29) is 11.6 Å². The number of aryl methyl sites for hydroxylation is 2. The Hall–Kier alpha value is -3.66. The molecule has 31 heavy (non-hydrogen) atoms. The first-order valence-electron chi connectivity index (χ1n) is 10.2. The summed E-state index contributed by atoms with van der Waals surface area (Å²) in [6.45, 7) is 7.70. The SMILES string of the molecule is Cc1ccc2c(c1)[C@@H](C)Oc1cc(cnc1N)-c1c(nn(C)c1C#N)CC(C)(C)C2=O. The summed E-state index contributed by atoms with van der Waals surface area (Å²) >= 11 is 0. The number of anilines is 1. The van der Waals surface area contributed by atoms with E-state index < -0.39 is 11.5 Å². The number of carbonyl (C=O) groups is 1. The molecule has 0 saturated heterocycles. The van der Waals surface area contributed by atoms with E-state index in [1.807, 2.05) is 45.9 Å². The molecule has 3 heterocycles. The molecule has 1 atom stereocenters. The zero-order valence-corrected chi connectivity index (χ0v) is 18.4. The first kappa shape index (κ1) is 20.6. The highest BCUT2D eigenvalue weighted by atomic mass is 16.5. The van der Waals surface area contributed by atoms with Crippen molar-refractivity contribution < 1.29 is 9.53 Å². The van der Waals surface area contributed by atoms with Gasteiger partial charge in [-0.25, -0.2) is 4.98 Å². The van der Waals surface area contributed by atoms with Gasteiger partial charge in [-0.3, -0.25) is 9.48 Å². The molecular formula is C24H25N5O2. The number of carbonyl (C=O) groups excluding carboxylic acids is 1. The molecule has 0 spiro atoms. The third kappa shape index (κ3) is 3.44. The summed E-state index contributed by atoms with van der Waals surface area (Å²) in [5.74, 6) is 0.657. The van der Waals surface area contributed by atoms with E-state index in [1.165, 1.54) is 0 Å². The quantitative estimate of drug-likeness (QED) is 0.591. The fourth-order valence-corrected chi connectivity index (χ4v) is 4.16. The smallest absolute Gasteiger partial charge is 0.169 e. The van der Waals surface area contributed by atoms with Gasteiger partial charge >= 0.3 is 0 Å². The number of nitrogens with two attached hydrogens (primary N) is 1. The lowest BCUT2D eigenvalue weighted by atomic mass is 9.77. The minimum atomic E-state index is -0.747. The molecule has 1 aromatic carbocycles. The summed E-state index contributed by atoms with van der Waals surface area (Å²) in [4.78, 5) is 18.0. The molecule has 0 aliphatic carbocycles. The largest absolute Gasteiger partial charge is 0.482 e. The van der Waals surface area contributed by atoms with Crippen LogP contribution in [0.25, 0.3) is 11.1 Å². The van der Waals surface area contributed by atoms with Crippen LogP contribution in [0.2, 0.25) is 0 Å². The first-order chi connectivity index (χ1) is 14.6. The molecule has 7 heteroatoms. The number of Topliss-reactive ketones (excluding diaryl/α,β-unsaturated/α-hetero) is 1. The monoisotopic (exact) mass is 415 g/mol. The summed E-state index contributed by atoms with van der Waals surface area (Å²) < 4.78 is 7.75. The van der Waals surface area contributed by atoms with E-state index in [4.69, 9.17) is 10.5 Å². The average molecular weight is 415 g/mol. The van der Waals surface area contributed by atoms with Crippen LogP contribution in [0.5, 0.6) is 5.75 Å². The summed E-state index contributed by atoms with van der Waals surface area (Å²) in [7, 11) is 1.72. The molecule has 0 radical (unpaired) electrons. The Kier molecular flexibility index (Phi) is 4.81. The van der Waals surface area contributed by atoms with Crippen molar-refractivity contribution in [3.8, 4) is 22.9 Å². The van der Waals surface area contributed by atoms with Gasteiger partial charge in [0.15, 0.2) is 17.4 Å². The minimum Gasteiger partial charge on any atom is -0.482 e. The zero-order chi connectivity index (χ0) is 22.5.